The summed E-state index contributed by atoms with van der Waals surface area (Å²) in [6.45, 7) is 0.406. The van der Waals surface area contributed by atoms with Gasteiger partial charge in [0.25, 0.3) is 5.91 Å². The summed E-state index contributed by atoms with van der Waals surface area (Å²) >= 11 is 6.64. The Kier molecular flexibility index (Phi) is 7.38. The number of phenols is 1. The van der Waals surface area contributed by atoms with Crippen LogP contribution in [-0.2, 0) is 6.73 Å². The molecule has 1 amide bonds. The van der Waals surface area contributed by atoms with Crippen molar-refractivity contribution in [3.63, 3.8) is 0 Å². The van der Waals surface area contributed by atoms with E-state index >= 15 is 0 Å². The minimum atomic E-state index is -0.265. The van der Waals surface area contributed by atoms with Crippen LogP contribution in [0.1, 0.15) is 66.8 Å². The first-order valence-corrected chi connectivity index (χ1v) is 11.9. The van der Waals surface area contributed by atoms with Gasteiger partial charge >= 0.3 is 0 Å². The van der Waals surface area contributed by atoms with E-state index in [-0.39, 0.29) is 24.3 Å². The largest absolute Gasteiger partial charge is 0.507 e. The Morgan fingerprint density at radius 3 is 2.56 bits per heavy atom. The van der Waals surface area contributed by atoms with Crippen molar-refractivity contribution in [2.45, 2.75) is 57.6 Å². The third-order valence-electron chi connectivity index (χ3n) is 6.79. The van der Waals surface area contributed by atoms with E-state index in [0.717, 1.165) is 35.7 Å². The Hall–Kier alpha value is -2.50. The van der Waals surface area contributed by atoms with Crippen molar-refractivity contribution < 1.29 is 15.0 Å². The first kappa shape index (κ1) is 22.7. The molecule has 1 saturated carbocycles. The van der Waals surface area contributed by atoms with E-state index in [2.05, 4.69) is 5.32 Å². The quantitative estimate of drug-likeness (QED) is 0.393. The normalized spacial score (nSPS) is 16.1. The predicted octanol–water partition coefficient (Wildman–Crippen LogP) is 5.82. The molecule has 1 aliphatic rings. The minimum absolute atomic E-state index is 0.0110. The molecule has 0 saturated heterocycles. The number of nitrogens with one attached hydrogen (secondary N) is 1. The molecule has 1 heterocycles. The van der Waals surface area contributed by atoms with Crippen LogP contribution in [-0.4, -0.2) is 27.2 Å². The van der Waals surface area contributed by atoms with Crippen LogP contribution in [0.25, 0.3) is 10.9 Å². The van der Waals surface area contributed by atoms with E-state index < -0.39 is 0 Å². The number of aliphatic hydroxyl groups is 1. The van der Waals surface area contributed by atoms with E-state index in [0.29, 0.717) is 23.0 Å². The zero-order chi connectivity index (χ0) is 22.5. The number of para-hydroxylation sites is 1. The second kappa shape index (κ2) is 10.4. The van der Waals surface area contributed by atoms with Crippen molar-refractivity contribution >= 4 is 28.4 Å². The Balaban J connectivity index is 1.61. The number of amides is 1. The minimum Gasteiger partial charge on any atom is -0.507 e. The number of aromatic hydroxyl groups is 1. The highest BCUT2D eigenvalue weighted by Gasteiger charge is 2.28. The molecule has 3 aromatic rings. The van der Waals surface area contributed by atoms with Crippen molar-refractivity contribution in [3.8, 4) is 5.75 Å². The first-order valence-electron chi connectivity index (χ1n) is 11.5. The molecule has 0 aliphatic heterocycles. The number of nitrogens with zero attached hydrogens (tertiary/aromatic N) is 1. The van der Waals surface area contributed by atoms with Crippen LogP contribution in [0.15, 0.2) is 48.7 Å². The lowest BCUT2D eigenvalue weighted by Gasteiger charge is -2.27. The van der Waals surface area contributed by atoms with Gasteiger partial charge in [-0.2, -0.15) is 0 Å². The molecule has 0 radical (unpaired) electrons. The molecular formula is C26H31ClN2O3. The number of hydrogen-bond donors (Lipinski definition) is 3. The number of hydrogen-bond acceptors (Lipinski definition) is 3. The summed E-state index contributed by atoms with van der Waals surface area (Å²) in [6, 6.07) is 12.4. The number of halogens is 1. The Morgan fingerprint density at radius 1 is 1.09 bits per heavy atom. The average molecular weight is 455 g/mol. The molecule has 1 fully saturated rings. The fourth-order valence-electron chi connectivity index (χ4n) is 5.20. The molecule has 3 N–H and O–H groups in total. The average Bonchev–Trinajstić information content (AvgIpc) is 2.97. The van der Waals surface area contributed by atoms with Crippen LogP contribution in [0.4, 0.5) is 0 Å². The lowest BCUT2D eigenvalue weighted by atomic mass is 9.79. The number of carbonyl (C=O) groups excluding carboxylic acids is 1. The van der Waals surface area contributed by atoms with Gasteiger partial charge in [-0.25, -0.2) is 0 Å². The van der Waals surface area contributed by atoms with Crippen molar-refractivity contribution in [1.82, 2.24) is 9.88 Å². The van der Waals surface area contributed by atoms with Gasteiger partial charge in [0.15, 0.2) is 0 Å². The molecule has 170 valence electrons. The van der Waals surface area contributed by atoms with Crippen molar-refractivity contribution in [2.24, 2.45) is 5.92 Å². The van der Waals surface area contributed by atoms with Crippen molar-refractivity contribution in [1.29, 1.82) is 0 Å². The van der Waals surface area contributed by atoms with Gasteiger partial charge in [-0.05, 0) is 60.9 Å². The SMILES string of the molecule is O=C(NCCC(c1cn(CO)c2cccc(Cl)c12)C1CCCCCC1)c1ccccc1O. The second-order valence-corrected chi connectivity index (χ2v) is 9.16. The zero-order valence-electron chi connectivity index (χ0n) is 18.3. The van der Waals surface area contributed by atoms with Gasteiger partial charge in [-0.15, -0.1) is 0 Å². The van der Waals surface area contributed by atoms with Crippen LogP contribution in [0.3, 0.4) is 0 Å². The standard InChI is InChI=1S/C26H31ClN2O3/c27-22-11-7-12-23-25(22)21(16-29(23)17-30)19(18-8-3-1-2-4-9-18)14-15-28-26(32)20-10-5-6-13-24(20)31/h5-7,10-13,16,18-19,30-31H,1-4,8-9,14-15,17H2,(H,28,32). The summed E-state index contributed by atoms with van der Waals surface area (Å²) in [5, 5.41) is 24.6. The van der Waals surface area contributed by atoms with Gasteiger partial charge < -0.3 is 20.1 Å². The van der Waals surface area contributed by atoms with Gasteiger partial charge in [0, 0.05) is 18.1 Å². The number of aliphatic hydroxyl groups excluding tert-OH is 1. The molecule has 0 spiro atoms. The Bertz CT molecular complexity index is 1070. The van der Waals surface area contributed by atoms with Crippen molar-refractivity contribution in [2.75, 3.05) is 6.54 Å². The summed E-state index contributed by atoms with van der Waals surface area (Å²) in [6.07, 6.45) is 10.1. The molecule has 1 aromatic heterocycles. The van der Waals surface area contributed by atoms with E-state index in [1.165, 1.54) is 31.7 Å². The smallest absolute Gasteiger partial charge is 0.255 e. The number of benzene rings is 2. The van der Waals surface area contributed by atoms with Crippen LogP contribution in [0.2, 0.25) is 5.02 Å². The monoisotopic (exact) mass is 454 g/mol. The molecule has 0 bridgehead atoms. The maximum Gasteiger partial charge on any atom is 0.255 e. The van der Waals surface area contributed by atoms with Crippen molar-refractivity contribution in [3.05, 3.63) is 64.8 Å². The highest BCUT2D eigenvalue weighted by atomic mass is 35.5. The van der Waals surface area contributed by atoms with E-state index in [1.807, 2.05) is 29.0 Å². The van der Waals surface area contributed by atoms with Gasteiger partial charge in [0.1, 0.15) is 12.5 Å². The lowest BCUT2D eigenvalue weighted by Crippen LogP contribution is -2.27. The van der Waals surface area contributed by atoms with E-state index in [9.17, 15) is 15.0 Å². The zero-order valence-corrected chi connectivity index (χ0v) is 19.0. The molecule has 5 nitrogen and oxygen atoms in total. The predicted molar refractivity (Wildman–Crippen MR) is 128 cm³/mol. The summed E-state index contributed by atoms with van der Waals surface area (Å²) in [5.74, 6) is 0.461. The fourth-order valence-corrected chi connectivity index (χ4v) is 5.48. The summed E-state index contributed by atoms with van der Waals surface area (Å²) in [5.41, 5.74) is 2.38. The molecule has 6 heteroatoms. The summed E-state index contributed by atoms with van der Waals surface area (Å²) < 4.78 is 1.85. The molecule has 32 heavy (non-hydrogen) atoms. The highest BCUT2D eigenvalue weighted by molar-refractivity contribution is 6.35. The van der Waals surface area contributed by atoms with Gasteiger partial charge in [-0.1, -0.05) is 55.5 Å². The summed E-state index contributed by atoms with van der Waals surface area (Å²) in [7, 11) is 0. The fraction of sp³-hybridized carbons (Fsp3) is 0.423. The van der Waals surface area contributed by atoms with Crippen LogP contribution in [0.5, 0.6) is 5.75 Å². The Labute approximate surface area is 194 Å². The molecule has 2 aromatic carbocycles. The maximum atomic E-state index is 12.6. The van der Waals surface area contributed by atoms with Gasteiger partial charge in [0.05, 0.1) is 16.1 Å². The molecule has 1 aliphatic carbocycles. The number of phenolic OH excluding ortho intramolecular Hbond substituents is 1. The number of aromatic nitrogens is 1. The van der Waals surface area contributed by atoms with Gasteiger partial charge in [0.2, 0.25) is 0 Å². The number of fused-ring (bicyclic) bond motifs is 1. The van der Waals surface area contributed by atoms with E-state index in [4.69, 9.17) is 11.6 Å². The van der Waals surface area contributed by atoms with E-state index in [1.54, 1.807) is 18.2 Å². The molecule has 1 unspecified atom stereocenters. The summed E-state index contributed by atoms with van der Waals surface area (Å²) in [4.78, 5) is 12.6. The third kappa shape index (κ3) is 4.79. The first-order chi connectivity index (χ1) is 15.6. The lowest BCUT2D eigenvalue weighted by molar-refractivity contribution is 0.0948. The third-order valence-corrected chi connectivity index (χ3v) is 7.11. The second-order valence-electron chi connectivity index (χ2n) is 8.75. The topological polar surface area (TPSA) is 74.5 Å². The highest BCUT2D eigenvalue weighted by Crippen LogP contribution is 2.42. The number of carbonyl (C=O) groups is 1. The maximum absolute atomic E-state index is 12.6. The Morgan fingerprint density at radius 2 is 1.84 bits per heavy atom. The number of rotatable bonds is 7. The molecule has 1 atom stereocenters. The van der Waals surface area contributed by atoms with Crippen LogP contribution >= 0.6 is 11.6 Å². The molecule has 4 rings (SSSR count). The molecular weight excluding hydrogens is 424 g/mol. The van der Waals surface area contributed by atoms with Gasteiger partial charge in [-0.3, -0.25) is 4.79 Å². The van der Waals surface area contributed by atoms with Crippen LogP contribution in [0, 0.1) is 5.92 Å². The van der Waals surface area contributed by atoms with Crippen LogP contribution < -0.4 is 5.32 Å².